The molecule has 0 saturated heterocycles. The third-order valence-electron chi connectivity index (χ3n) is 3.36. The molecule has 0 bridgehead atoms. The fourth-order valence-corrected chi connectivity index (χ4v) is 3.85. The average Bonchev–Trinajstić information content (AvgIpc) is 2.31. The topological polar surface area (TPSA) is 37.3 Å². The molecule has 1 aromatic carbocycles. The zero-order valence-electron chi connectivity index (χ0n) is 10.4. The van der Waals surface area contributed by atoms with Gasteiger partial charge < -0.3 is 5.11 Å². The van der Waals surface area contributed by atoms with Gasteiger partial charge in [0, 0.05) is 10.1 Å². The lowest BCUT2D eigenvalue weighted by molar-refractivity contribution is 0.0691. The Morgan fingerprint density at radius 1 is 1.44 bits per heavy atom. The van der Waals surface area contributed by atoms with Crippen molar-refractivity contribution in [3.05, 3.63) is 29.6 Å². The van der Waals surface area contributed by atoms with Gasteiger partial charge in [0.15, 0.2) is 0 Å². The van der Waals surface area contributed by atoms with E-state index in [0.717, 1.165) is 23.7 Å². The molecule has 1 saturated carbocycles. The summed E-state index contributed by atoms with van der Waals surface area (Å²) in [4.78, 5) is 11.7. The van der Waals surface area contributed by atoms with Crippen molar-refractivity contribution in [3.63, 3.8) is 0 Å². The molecule has 1 fully saturated rings. The minimum Gasteiger partial charge on any atom is -0.478 e. The highest BCUT2D eigenvalue weighted by Crippen LogP contribution is 2.36. The van der Waals surface area contributed by atoms with E-state index in [2.05, 4.69) is 6.92 Å². The SMILES string of the molecule is CC1CCCC(Sc2ccc(F)c(C(=O)O)c2)C1. The molecule has 2 unspecified atom stereocenters. The molecule has 0 amide bonds. The zero-order chi connectivity index (χ0) is 13.1. The first-order valence-corrected chi connectivity index (χ1v) is 7.13. The van der Waals surface area contributed by atoms with Gasteiger partial charge in [-0.25, -0.2) is 9.18 Å². The van der Waals surface area contributed by atoms with Crippen LogP contribution in [0.15, 0.2) is 23.1 Å². The van der Waals surface area contributed by atoms with E-state index < -0.39 is 11.8 Å². The minimum atomic E-state index is -1.20. The van der Waals surface area contributed by atoms with Gasteiger partial charge in [-0.15, -0.1) is 11.8 Å². The lowest BCUT2D eigenvalue weighted by Gasteiger charge is -2.26. The van der Waals surface area contributed by atoms with Gasteiger partial charge in [-0.1, -0.05) is 19.8 Å². The van der Waals surface area contributed by atoms with Crippen LogP contribution in [0.5, 0.6) is 0 Å². The van der Waals surface area contributed by atoms with Gasteiger partial charge in [-0.05, 0) is 37.0 Å². The largest absolute Gasteiger partial charge is 0.478 e. The van der Waals surface area contributed by atoms with Crippen LogP contribution in [0.2, 0.25) is 0 Å². The summed E-state index contributed by atoms with van der Waals surface area (Å²) in [5, 5.41) is 9.42. The maximum atomic E-state index is 13.3. The Morgan fingerprint density at radius 3 is 2.89 bits per heavy atom. The highest BCUT2D eigenvalue weighted by Gasteiger charge is 2.20. The summed E-state index contributed by atoms with van der Waals surface area (Å²) in [6.45, 7) is 2.25. The number of carboxylic acids is 1. The first-order chi connectivity index (χ1) is 8.56. The van der Waals surface area contributed by atoms with E-state index in [1.54, 1.807) is 17.8 Å². The van der Waals surface area contributed by atoms with Crippen molar-refractivity contribution in [1.29, 1.82) is 0 Å². The molecule has 0 aliphatic heterocycles. The van der Waals surface area contributed by atoms with Gasteiger partial charge in [0.05, 0.1) is 5.56 Å². The number of hydrogen-bond acceptors (Lipinski definition) is 2. The summed E-state index contributed by atoms with van der Waals surface area (Å²) in [6.07, 6.45) is 4.83. The first kappa shape index (κ1) is 13.4. The number of halogens is 1. The number of aromatic carboxylic acids is 1. The second-order valence-corrected chi connectivity index (χ2v) is 6.33. The number of carbonyl (C=O) groups is 1. The van der Waals surface area contributed by atoms with Crippen LogP contribution in [-0.2, 0) is 0 Å². The van der Waals surface area contributed by atoms with E-state index in [4.69, 9.17) is 5.11 Å². The molecule has 2 rings (SSSR count). The van der Waals surface area contributed by atoms with Crippen molar-refractivity contribution in [3.8, 4) is 0 Å². The molecule has 2 nitrogen and oxygen atoms in total. The lowest BCUT2D eigenvalue weighted by atomic mass is 9.91. The fraction of sp³-hybridized carbons (Fsp3) is 0.500. The predicted molar refractivity (Wildman–Crippen MR) is 70.6 cm³/mol. The van der Waals surface area contributed by atoms with Crippen LogP contribution < -0.4 is 0 Å². The molecule has 2 atom stereocenters. The summed E-state index contributed by atoms with van der Waals surface area (Å²) in [7, 11) is 0. The zero-order valence-corrected chi connectivity index (χ0v) is 11.2. The van der Waals surface area contributed by atoms with Gasteiger partial charge in [-0.3, -0.25) is 0 Å². The lowest BCUT2D eigenvalue weighted by Crippen LogP contribution is -2.15. The number of carboxylic acid groups (broad SMARTS) is 1. The standard InChI is InChI=1S/C14H17FO2S/c1-9-3-2-4-10(7-9)18-11-5-6-13(15)12(8-11)14(16)17/h5-6,8-10H,2-4,7H2,1H3,(H,16,17). The molecule has 0 spiro atoms. The number of benzene rings is 1. The van der Waals surface area contributed by atoms with Gasteiger partial charge in [0.25, 0.3) is 0 Å². The van der Waals surface area contributed by atoms with Crippen molar-refractivity contribution in [1.82, 2.24) is 0 Å². The van der Waals surface area contributed by atoms with E-state index in [1.807, 2.05) is 0 Å². The molecule has 98 valence electrons. The van der Waals surface area contributed by atoms with E-state index in [9.17, 15) is 9.18 Å². The molecule has 1 N–H and O–H groups in total. The van der Waals surface area contributed by atoms with Crippen LogP contribution >= 0.6 is 11.8 Å². The fourth-order valence-electron chi connectivity index (χ4n) is 2.42. The van der Waals surface area contributed by atoms with Crippen LogP contribution in [0.3, 0.4) is 0 Å². The Bertz CT molecular complexity index is 447. The molecule has 0 aromatic heterocycles. The summed E-state index contributed by atoms with van der Waals surface area (Å²) >= 11 is 1.68. The molecule has 0 radical (unpaired) electrons. The monoisotopic (exact) mass is 268 g/mol. The van der Waals surface area contributed by atoms with E-state index in [0.29, 0.717) is 5.25 Å². The highest BCUT2D eigenvalue weighted by molar-refractivity contribution is 8.00. The van der Waals surface area contributed by atoms with Crippen LogP contribution in [0, 0.1) is 11.7 Å². The van der Waals surface area contributed by atoms with Crippen molar-refractivity contribution in [2.24, 2.45) is 5.92 Å². The number of hydrogen-bond donors (Lipinski definition) is 1. The minimum absolute atomic E-state index is 0.233. The van der Waals surface area contributed by atoms with Crippen LogP contribution in [0.4, 0.5) is 4.39 Å². The van der Waals surface area contributed by atoms with Crippen LogP contribution in [-0.4, -0.2) is 16.3 Å². The second kappa shape index (κ2) is 5.74. The Balaban J connectivity index is 2.09. The summed E-state index contributed by atoms with van der Waals surface area (Å²) in [6, 6.07) is 4.37. The van der Waals surface area contributed by atoms with Crippen molar-refractivity contribution >= 4 is 17.7 Å². The van der Waals surface area contributed by atoms with Crippen molar-refractivity contribution in [2.45, 2.75) is 42.8 Å². The molecule has 4 heteroatoms. The normalized spacial score (nSPS) is 23.9. The maximum absolute atomic E-state index is 13.3. The Hall–Kier alpha value is -1.03. The Kier molecular flexibility index (Phi) is 4.27. The predicted octanol–water partition coefficient (Wildman–Crippen LogP) is 4.19. The van der Waals surface area contributed by atoms with Gasteiger partial charge in [0.1, 0.15) is 5.82 Å². The molecular weight excluding hydrogens is 251 g/mol. The first-order valence-electron chi connectivity index (χ1n) is 6.25. The van der Waals surface area contributed by atoms with Crippen LogP contribution in [0.1, 0.15) is 43.0 Å². The van der Waals surface area contributed by atoms with E-state index >= 15 is 0 Å². The third-order valence-corrected chi connectivity index (χ3v) is 4.65. The Morgan fingerprint density at radius 2 is 2.22 bits per heavy atom. The van der Waals surface area contributed by atoms with Crippen molar-refractivity contribution in [2.75, 3.05) is 0 Å². The van der Waals surface area contributed by atoms with E-state index in [1.165, 1.54) is 25.0 Å². The average molecular weight is 268 g/mol. The number of thioether (sulfide) groups is 1. The smallest absolute Gasteiger partial charge is 0.338 e. The van der Waals surface area contributed by atoms with Gasteiger partial charge in [0.2, 0.25) is 0 Å². The summed E-state index contributed by atoms with van der Waals surface area (Å²) in [5.74, 6) is -1.13. The second-order valence-electron chi connectivity index (χ2n) is 4.96. The molecule has 0 heterocycles. The number of rotatable bonds is 3. The summed E-state index contributed by atoms with van der Waals surface area (Å²) < 4.78 is 13.3. The third kappa shape index (κ3) is 3.25. The molecule has 18 heavy (non-hydrogen) atoms. The van der Waals surface area contributed by atoms with Gasteiger partial charge in [-0.2, -0.15) is 0 Å². The Labute approximate surface area is 111 Å². The quantitative estimate of drug-likeness (QED) is 0.893. The molecule has 1 aliphatic rings. The maximum Gasteiger partial charge on any atom is 0.338 e. The highest BCUT2D eigenvalue weighted by atomic mass is 32.2. The van der Waals surface area contributed by atoms with E-state index in [-0.39, 0.29) is 5.56 Å². The summed E-state index contributed by atoms with van der Waals surface area (Å²) in [5.41, 5.74) is -0.233. The molecule has 1 aromatic rings. The molecule has 1 aliphatic carbocycles. The van der Waals surface area contributed by atoms with Crippen molar-refractivity contribution < 1.29 is 14.3 Å². The molecular formula is C14H17FO2S. The van der Waals surface area contributed by atoms with Crippen LogP contribution in [0.25, 0.3) is 0 Å². The van der Waals surface area contributed by atoms with Gasteiger partial charge >= 0.3 is 5.97 Å².